The predicted molar refractivity (Wildman–Crippen MR) is 189 cm³/mol. The second-order valence-corrected chi connectivity index (χ2v) is 9.50. The summed E-state index contributed by atoms with van der Waals surface area (Å²) >= 11 is 10.0. The third-order valence-corrected chi connectivity index (χ3v) is 6.79. The summed E-state index contributed by atoms with van der Waals surface area (Å²) in [5, 5.41) is 42.6. The maximum absolute atomic E-state index is 12.2. The van der Waals surface area contributed by atoms with E-state index >= 15 is 0 Å². The fraction of sp³-hybridized carbons (Fsp3) is 0. The quantitative estimate of drug-likeness (QED) is 0.0595. The number of halogens is 3. The Morgan fingerprint density at radius 1 is 0.717 bits per heavy atom. The van der Waals surface area contributed by atoms with E-state index in [0.717, 1.165) is 0 Å². The first-order chi connectivity index (χ1) is 21.6. The number of rotatable bonds is 4. The number of non-ortho nitro benzene ring substituents is 1. The largest absolute Gasteiger partial charge is 0.503 e. The van der Waals surface area contributed by atoms with Gasteiger partial charge in [0.15, 0.2) is 17.2 Å². The first kappa shape index (κ1) is 37.0. The van der Waals surface area contributed by atoms with E-state index in [1.165, 1.54) is 36.4 Å². The van der Waals surface area contributed by atoms with Crippen molar-refractivity contribution in [2.75, 3.05) is 0 Å². The minimum Gasteiger partial charge on any atom is -0.503 e. The molecule has 16 heteroatoms. The fourth-order valence-corrected chi connectivity index (χ4v) is 4.58. The summed E-state index contributed by atoms with van der Waals surface area (Å²) in [5.74, 6) is -0.954. The molecule has 46 heavy (non-hydrogen) atoms. The summed E-state index contributed by atoms with van der Waals surface area (Å²) < 4.78 is 0. The molecule has 1 radical (unpaired) electrons. The van der Waals surface area contributed by atoms with Gasteiger partial charge in [0.25, 0.3) is 5.69 Å². The van der Waals surface area contributed by atoms with Crippen LogP contribution in [0.15, 0.2) is 94.5 Å². The van der Waals surface area contributed by atoms with Crippen molar-refractivity contribution in [3.63, 3.8) is 0 Å². The molecule has 2 heterocycles. The molecule has 0 unspecified atom stereocenters. The van der Waals surface area contributed by atoms with Crippen molar-refractivity contribution in [3.05, 3.63) is 137 Å². The number of hydrogen-bond acceptors (Lipinski definition) is 8. The Balaban J connectivity index is 0.000000233. The van der Waals surface area contributed by atoms with Crippen LogP contribution in [0.3, 0.4) is 0 Å². The van der Waals surface area contributed by atoms with Crippen molar-refractivity contribution in [2.24, 2.45) is 0 Å². The van der Waals surface area contributed by atoms with E-state index in [9.17, 15) is 40.0 Å². The maximum Gasteiger partial charge on any atom is 0.288 e. The standard InChI is InChI=1S/C15H9ClN2O4.C15H9N2O4.I2.Y/c16-10-6-5-8(7-12(10)18(21)22)13-15(20)14(19)9-3-1-2-4-11(9)17-13;18-14-11-6-1-2-7-12(11)16-13(15(14)19)9-4-3-5-10(8-9)17(20)21;1-2;/h1-7,20H,(H,17,19);1-4,6-8,19H,(H,16,18);;/q;-1;;. The Kier molecular flexibility index (Phi) is 13.2. The van der Waals surface area contributed by atoms with Crippen LogP contribution in [0.25, 0.3) is 44.3 Å². The van der Waals surface area contributed by atoms with E-state index in [1.807, 2.05) is 0 Å². The minimum atomic E-state index is -0.623. The van der Waals surface area contributed by atoms with Gasteiger partial charge in [0.2, 0.25) is 10.9 Å². The number of para-hydroxylation sites is 2. The minimum absolute atomic E-state index is 0. The van der Waals surface area contributed by atoms with E-state index in [1.54, 1.807) is 48.5 Å². The predicted octanol–water partition coefficient (Wildman–Crippen LogP) is 7.84. The van der Waals surface area contributed by atoms with Crippen LogP contribution in [0.4, 0.5) is 11.4 Å². The van der Waals surface area contributed by atoms with E-state index in [4.69, 9.17) is 11.6 Å². The number of nitro groups is 2. The van der Waals surface area contributed by atoms with Crippen molar-refractivity contribution < 1.29 is 52.8 Å². The van der Waals surface area contributed by atoms with Crippen molar-refractivity contribution in [3.8, 4) is 34.0 Å². The molecule has 0 amide bonds. The molecule has 2 aromatic heterocycles. The smallest absolute Gasteiger partial charge is 0.288 e. The molecule has 0 bridgehead atoms. The van der Waals surface area contributed by atoms with E-state index in [2.05, 4.69) is 53.3 Å². The van der Waals surface area contributed by atoms with E-state index < -0.39 is 32.2 Å². The number of aromatic amines is 2. The fourth-order valence-electron chi connectivity index (χ4n) is 4.39. The van der Waals surface area contributed by atoms with Gasteiger partial charge in [0.05, 0.1) is 16.3 Å². The van der Waals surface area contributed by atoms with Crippen LogP contribution in [0, 0.1) is 26.3 Å². The molecular weight excluding hydrogens is 923 g/mol. The second kappa shape index (κ2) is 16.4. The topological polar surface area (TPSA) is 192 Å². The monoisotopic (exact) mass is 940 g/mol. The number of aromatic nitrogens is 2. The summed E-state index contributed by atoms with van der Waals surface area (Å²) in [6, 6.07) is 24.1. The van der Waals surface area contributed by atoms with Crippen LogP contribution in [0.1, 0.15) is 0 Å². The number of aromatic hydroxyl groups is 2. The molecule has 0 fully saturated rings. The molecule has 6 aromatic rings. The number of hydrogen-bond donors (Lipinski definition) is 4. The first-order valence-electron chi connectivity index (χ1n) is 12.5. The van der Waals surface area contributed by atoms with Crippen LogP contribution >= 0.6 is 48.8 Å². The van der Waals surface area contributed by atoms with Crippen LogP contribution in [0.2, 0.25) is 5.02 Å². The van der Waals surface area contributed by atoms with Gasteiger partial charge in [-0.3, -0.25) is 29.8 Å². The maximum atomic E-state index is 12.2. The molecule has 231 valence electrons. The van der Waals surface area contributed by atoms with Gasteiger partial charge in [0, 0.05) is 108 Å². The number of nitro benzene ring substituents is 2. The number of H-pyrrole nitrogens is 2. The van der Waals surface area contributed by atoms with Gasteiger partial charge in [-0.15, -0.1) is 11.6 Å². The SMILES string of the molecule is II.O=c1c(O)c(-c2cc[c-]c([N+](=O)[O-])c2)[nH]c2ccccc12.O=c1c(O)c(-c2ccc(Cl)c([N+](=O)[O-])c2)[nH]c2ccccc12.[Y]. The molecule has 4 N–H and O–H groups in total. The number of nitrogens with zero attached hydrogens (tertiary/aromatic N) is 2. The Labute approximate surface area is 312 Å². The Morgan fingerprint density at radius 2 is 1.20 bits per heavy atom. The summed E-state index contributed by atoms with van der Waals surface area (Å²) in [7, 11) is 0. The van der Waals surface area contributed by atoms with E-state index in [0.29, 0.717) is 32.9 Å². The molecule has 0 saturated carbocycles. The summed E-state index contributed by atoms with van der Waals surface area (Å²) in [6.45, 7) is 0. The van der Waals surface area contributed by atoms with Crippen LogP contribution < -0.4 is 10.9 Å². The molecule has 0 aliphatic heterocycles. The van der Waals surface area contributed by atoms with E-state index in [-0.39, 0.29) is 60.5 Å². The van der Waals surface area contributed by atoms with Gasteiger partial charge in [0.1, 0.15) is 5.02 Å². The number of nitrogens with one attached hydrogen (secondary N) is 2. The molecule has 6 rings (SSSR count). The molecule has 0 spiro atoms. The zero-order chi connectivity index (χ0) is 32.8. The molecule has 12 nitrogen and oxygen atoms in total. The molecule has 0 aliphatic carbocycles. The van der Waals surface area contributed by atoms with Gasteiger partial charge in [-0.05, 0) is 30.3 Å². The summed E-state index contributed by atoms with van der Waals surface area (Å²) in [5.41, 5.74) is 0.394. The van der Waals surface area contributed by atoms with Gasteiger partial charge in [-0.25, -0.2) is 0 Å². The van der Waals surface area contributed by atoms with Crippen molar-refractivity contribution in [1.82, 2.24) is 9.97 Å². The number of fused-ring (bicyclic) bond motifs is 2. The zero-order valence-corrected chi connectivity index (χ0v) is 30.9. The van der Waals surface area contributed by atoms with Crippen LogP contribution in [-0.4, -0.2) is 30.0 Å². The van der Waals surface area contributed by atoms with Gasteiger partial charge in [-0.1, -0.05) is 48.0 Å². The normalized spacial score (nSPS) is 10.2. The Morgan fingerprint density at radius 3 is 1.67 bits per heavy atom. The average Bonchev–Trinajstić information content (AvgIpc) is 3.06. The molecular formula is C30H18ClI2N4O8Y-. The number of benzene rings is 4. The average molecular weight is 941 g/mol. The van der Waals surface area contributed by atoms with Gasteiger partial charge >= 0.3 is 0 Å². The number of pyridine rings is 2. The van der Waals surface area contributed by atoms with Gasteiger partial charge in [-0.2, -0.15) is 12.1 Å². The third kappa shape index (κ3) is 7.91. The Bertz CT molecular complexity index is 2210. The third-order valence-electron chi connectivity index (χ3n) is 6.47. The Hall–Kier alpha value is -3.45. The summed E-state index contributed by atoms with van der Waals surface area (Å²) in [4.78, 5) is 50.7. The first-order valence-corrected chi connectivity index (χ1v) is 19.2. The van der Waals surface area contributed by atoms with Gasteiger partial charge < -0.3 is 20.2 Å². The zero-order valence-electron chi connectivity index (χ0n) is 23.0. The molecule has 0 saturated heterocycles. The molecule has 4 aromatic carbocycles. The van der Waals surface area contributed by atoms with Crippen LogP contribution in [0.5, 0.6) is 11.5 Å². The van der Waals surface area contributed by atoms with Crippen LogP contribution in [-0.2, 0) is 32.7 Å². The second-order valence-electron chi connectivity index (χ2n) is 9.09. The van der Waals surface area contributed by atoms with Crippen molar-refractivity contribution in [2.45, 2.75) is 0 Å². The van der Waals surface area contributed by atoms with Crippen molar-refractivity contribution >= 4 is 82.0 Å². The summed E-state index contributed by atoms with van der Waals surface area (Å²) in [6.07, 6.45) is 0. The molecule has 0 aliphatic rings. The molecule has 0 atom stereocenters. The van der Waals surface area contributed by atoms with Crippen molar-refractivity contribution in [1.29, 1.82) is 0 Å².